The molecule has 0 fully saturated rings. The molecular formula is C12H18O3. The van der Waals surface area contributed by atoms with E-state index < -0.39 is 0 Å². The van der Waals surface area contributed by atoms with Gasteiger partial charge in [0, 0.05) is 6.61 Å². The predicted molar refractivity (Wildman–Crippen MR) is 59.1 cm³/mol. The lowest BCUT2D eigenvalue weighted by molar-refractivity contribution is 0.0452. The molecule has 0 saturated carbocycles. The molecule has 84 valence electrons. The summed E-state index contributed by atoms with van der Waals surface area (Å²) in [7, 11) is 1.66. The van der Waals surface area contributed by atoms with Gasteiger partial charge >= 0.3 is 0 Å². The Labute approximate surface area is 91.0 Å². The van der Waals surface area contributed by atoms with E-state index in [0.29, 0.717) is 19.8 Å². The highest BCUT2D eigenvalue weighted by Crippen LogP contribution is 2.12. The lowest BCUT2D eigenvalue weighted by atomic mass is 10.2. The quantitative estimate of drug-likeness (QED) is 0.646. The second-order valence-corrected chi connectivity index (χ2v) is 3.10. The highest BCUT2D eigenvalue weighted by Gasteiger charge is 1.95. The van der Waals surface area contributed by atoms with Gasteiger partial charge in [-0.25, -0.2) is 0 Å². The number of hydrogen-bond acceptors (Lipinski definition) is 3. The normalized spacial score (nSPS) is 10.3. The zero-order valence-electron chi connectivity index (χ0n) is 9.36. The van der Waals surface area contributed by atoms with Crippen molar-refractivity contribution in [3.05, 3.63) is 29.8 Å². The van der Waals surface area contributed by atoms with Crippen molar-refractivity contribution >= 4 is 0 Å². The Morgan fingerprint density at radius 1 is 1.13 bits per heavy atom. The van der Waals surface area contributed by atoms with E-state index in [-0.39, 0.29) is 0 Å². The van der Waals surface area contributed by atoms with Crippen LogP contribution in [-0.4, -0.2) is 26.9 Å². The zero-order valence-corrected chi connectivity index (χ0v) is 9.36. The summed E-state index contributed by atoms with van der Waals surface area (Å²) >= 11 is 0. The molecule has 1 rings (SSSR count). The van der Waals surface area contributed by atoms with Gasteiger partial charge in [0.15, 0.2) is 0 Å². The van der Waals surface area contributed by atoms with E-state index in [4.69, 9.17) is 14.2 Å². The Hall–Kier alpha value is -1.06. The van der Waals surface area contributed by atoms with Crippen molar-refractivity contribution in [1.82, 2.24) is 0 Å². The highest BCUT2D eigenvalue weighted by molar-refractivity contribution is 5.27. The molecule has 0 unspecified atom stereocenters. The van der Waals surface area contributed by atoms with Gasteiger partial charge in [-0.05, 0) is 24.6 Å². The zero-order chi connectivity index (χ0) is 10.9. The summed E-state index contributed by atoms with van der Waals surface area (Å²) in [6, 6.07) is 7.87. The van der Waals surface area contributed by atoms with Crippen molar-refractivity contribution in [3.63, 3.8) is 0 Å². The number of ether oxygens (including phenoxy) is 3. The van der Waals surface area contributed by atoms with E-state index in [9.17, 15) is 0 Å². The molecule has 0 bridgehead atoms. The van der Waals surface area contributed by atoms with E-state index in [1.165, 1.54) is 0 Å². The summed E-state index contributed by atoms with van der Waals surface area (Å²) in [5, 5.41) is 0. The van der Waals surface area contributed by atoms with Gasteiger partial charge in [0.05, 0.1) is 26.9 Å². The molecule has 0 N–H and O–H groups in total. The minimum absolute atomic E-state index is 0.601. The van der Waals surface area contributed by atoms with Crippen molar-refractivity contribution in [2.24, 2.45) is 0 Å². The van der Waals surface area contributed by atoms with Crippen molar-refractivity contribution in [2.45, 2.75) is 13.5 Å². The molecule has 3 nitrogen and oxygen atoms in total. The van der Waals surface area contributed by atoms with Crippen LogP contribution in [0.25, 0.3) is 0 Å². The number of methoxy groups -OCH3 is 1. The first kappa shape index (κ1) is 12.0. The van der Waals surface area contributed by atoms with Crippen LogP contribution >= 0.6 is 0 Å². The van der Waals surface area contributed by atoms with Gasteiger partial charge < -0.3 is 14.2 Å². The fraction of sp³-hybridized carbons (Fsp3) is 0.500. The van der Waals surface area contributed by atoms with Crippen LogP contribution in [0.1, 0.15) is 12.5 Å². The third-order valence-electron chi connectivity index (χ3n) is 1.98. The van der Waals surface area contributed by atoms with Crippen LogP contribution < -0.4 is 4.74 Å². The number of benzene rings is 1. The lowest BCUT2D eigenvalue weighted by Crippen LogP contribution is -2.03. The van der Waals surface area contributed by atoms with Crippen LogP contribution in [0.15, 0.2) is 24.3 Å². The summed E-state index contributed by atoms with van der Waals surface area (Å²) in [6.45, 7) is 4.60. The third kappa shape index (κ3) is 4.81. The molecule has 0 aliphatic heterocycles. The smallest absolute Gasteiger partial charge is 0.119 e. The second-order valence-electron chi connectivity index (χ2n) is 3.10. The van der Waals surface area contributed by atoms with Crippen LogP contribution in [0.2, 0.25) is 0 Å². The first-order chi connectivity index (χ1) is 7.36. The van der Waals surface area contributed by atoms with Gasteiger partial charge in [-0.15, -0.1) is 0 Å². The Morgan fingerprint density at radius 2 is 1.93 bits per heavy atom. The minimum Gasteiger partial charge on any atom is -0.497 e. The van der Waals surface area contributed by atoms with Crippen LogP contribution in [0.3, 0.4) is 0 Å². The van der Waals surface area contributed by atoms with E-state index in [2.05, 4.69) is 0 Å². The van der Waals surface area contributed by atoms with Crippen LogP contribution in [0.4, 0.5) is 0 Å². The SMILES string of the molecule is CCOCCOCc1cccc(OC)c1. The monoisotopic (exact) mass is 210 g/mol. The van der Waals surface area contributed by atoms with Gasteiger partial charge in [-0.2, -0.15) is 0 Å². The minimum atomic E-state index is 0.601. The van der Waals surface area contributed by atoms with Crippen molar-refractivity contribution in [2.75, 3.05) is 26.9 Å². The van der Waals surface area contributed by atoms with Crippen LogP contribution in [-0.2, 0) is 16.1 Å². The Kier molecular flexibility index (Phi) is 5.81. The molecule has 0 heterocycles. The van der Waals surface area contributed by atoms with Crippen LogP contribution in [0.5, 0.6) is 5.75 Å². The Morgan fingerprint density at radius 3 is 2.67 bits per heavy atom. The average Bonchev–Trinajstić information content (AvgIpc) is 2.29. The third-order valence-corrected chi connectivity index (χ3v) is 1.98. The van der Waals surface area contributed by atoms with Crippen molar-refractivity contribution in [3.8, 4) is 5.75 Å². The molecular weight excluding hydrogens is 192 g/mol. The largest absolute Gasteiger partial charge is 0.497 e. The van der Waals surface area contributed by atoms with Crippen molar-refractivity contribution < 1.29 is 14.2 Å². The predicted octanol–water partition coefficient (Wildman–Crippen LogP) is 2.25. The van der Waals surface area contributed by atoms with Gasteiger partial charge in [0.1, 0.15) is 5.75 Å². The topological polar surface area (TPSA) is 27.7 Å². The van der Waals surface area contributed by atoms with E-state index in [1.807, 2.05) is 31.2 Å². The molecule has 0 saturated heterocycles. The molecule has 0 radical (unpaired) electrons. The molecule has 0 atom stereocenters. The number of rotatable bonds is 7. The van der Waals surface area contributed by atoms with Gasteiger partial charge in [-0.1, -0.05) is 12.1 Å². The molecule has 15 heavy (non-hydrogen) atoms. The van der Waals surface area contributed by atoms with E-state index in [0.717, 1.165) is 17.9 Å². The fourth-order valence-electron chi connectivity index (χ4n) is 1.21. The van der Waals surface area contributed by atoms with Crippen molar-refractivity contribution in [1.29, 1.82) is 0 Å². The maximum absolute atomic E-state index is 5.44. The second kappa shape index (κ2) is 7.26. The molecule has 0 aromatic heterocycles. The molecule has 0 spiro atoms. The molecule has 0 aliphatic carbocycles. The highest BCUT2D eigenvalue weighted by atomic mass is 16.5. The molecule has 1 aromatic rings. The first-order valence-corrected chi connectivity index (χ1v) is 5.15. The Balaban J connectivity index is 2.24. The summed E-state index contributed by atoms with van der Waals surface area (Å²) in [4.78, 5) is 0. The average molecular weight is 210 g/mol. The summed E-state index contributed by atoms with van der Waals surface area (Å²) in [6.07, 6.45) is 0. The molecule has 3 heteroatoms. The summed E-state index contributed by atoms with van der Waals surface area (Å²) in [5.74, 6) is 0.862. The molecule has 0 aliphatic rings. The molecule has 0 amide bonds. The Bertz CT molecular complexity index is 273. The maximum atomic E-state index is 5.44. The van der Waals surface area contributed by atoms with Crippen LogP contribution in [0, 0.1) is 0 Å². The van der Waals surface area contributed by atoms with Gasteiger partial charge in [-0.3, -0.25) is 0 Å². The fourth-order valence-corrected chi connectivity index (χ4v) is 1.21. The van der Waals surface area contributed by atoms with Gasteiger partial charge in [0.2, 0.25) is 0 Å². The first-order valence-electron chi connectivity index (χ1n) is 5.15. The maximum Gasteiger partial charge on any atom is 0.119 e. The van der Waals surface area contributed by atoms with Gasteiger partial charge in [0.25, 0.3) is 0 Å². The van der Waals surface area contributed by atoms with E-state index in [1.54, 1.807) is 7.11 Å². The standard InChI is InChI=1S/C12H18O3/c1-3-14-7-8-15-10-11-5-4-6-12(9-11)13-2/h4-6,9H,3,7-8,10H2,1-2H3. The molecule has 1 aromatic carbocycles. The lowest BCUT2D eigenvalue weighted by Gasteiger charge is -2.06. The van der Waals surface area contributed by atoms with E-state index >= 15 is 0 Å². The number of hydrogen-bond donors (Lipinski definition) is 0. The summed E-state index contributed by atoms with van der Waals surface area (Å²) < 4.78 is 15.7. The summed E-state index contributed by atoms with van der Waals surface area (Å²) in [5.41, 5.74) is 1.12.